The minimum atomic E-state index is 0.376. The second-order valence-electron chi connectivity index (χ2n) is 5.38. The molecule has 2 saturated heterocycles. The highest BCUT2D eigenvalue weighted by Crippen LogP contribution is 2.25. The zero-order chi connectivity index (χ0) is 10.2. The maximum absolute atomic E-state index is 2.68. The lowest BCUT2D eigenvalue weighted by molar-refractivity contribution is -0.0185. The van der Waals surface area contributed by atoms with Gasteiger partial charge in [-0.25, -0.2) is 0 Å². The van der Waals surface area contributed by atoms with Crippen molar-refractivity contribution in [1.29, 1.82) is 0 Å². The molecular formula is C11H22N2S. The van der Waals surface area contributed by atoms with Crippen molar-refractivity contribution in [2.45, 2.75) is 32.4 Å². The smallest absolute Gasteiger partial charge is 0.0351 e. The van der Waals surface area contributed by atoms with Crippen molar-refractivity contribution in [3.63, 3.8) is 0 Å². The Bertz CT molecular complexity index is 188. The number of hydrogen-bond acceptors (Lipinski definition) is 3. The minimum Gasteiger partial charge on any atom is -0.296 e. The topological polar surface area (TPSA) is 6.48 Å². The summed E-state index contributed by atoms with van der Waals surface area (Å²) in [7, 11) is 0. The van der Waals surface area contributed by atoms with Crippen LogP contribution in [0.2, 0.25) is 0 Å². The molecule has 0 saturated carbocycles. The van der Waals surface area contributed by atoms with Gasteiger partial charge in [-0.3, -0.25) is 9.80 Å². The molecule has 0 spiro atoms. The molecular weight excluding hydrogens is 192 g/mol. The lowest BCUT2D eigenvalue weighted by Crippen LogP contribution is -2.65. The first-order valence-corrected chi connectivity index (χ1v) is 6.80. The van der Waals surface area contributed by atoms with Crippen LogP contribution < -0.4 is 0 Å². The molecule has 0 bridgehead atoms. The molecule has 0 aromatic heterocycles. The van der Waals surface area contributed by atoms with Crippen molar-refractivity contribution in [3.8, 4) is 0 Å². The molecule has 14 heavy (non-hydrogen) atoms. The van der Waals surface area contributed by atoms with Gasteiger partial charge in [0.15, 0.2) is 0 Å². The lowest BCUT2D eigenvalue weighted by Gasteiger charge is -2.52. The third kappa shape index (κ3) is 2.26. The summed E-state index contributed by atoms with van der Waals surface area (Å²) in [6, 6.07) is 0.857. The van der Waals surface area contributed by atoms with Crippen LogP contribution in [0.25, 0.3) is 0 Å². The Morgan fingerprint density at radius 3 is 2.14 bits per heavy atom. The van der Waals surface area contributed by atoms with Crippen molar-refractivity contribution in [2.24, 2.45) is 0 Å². The highest BCUT2D eigenvalue weighted by molar-refractivity contribution is 7.99. The van der Waals surface area contributed by atoms with E-state index in [1.165, 1.54) is 37.7 Å². The Kier molecular flexibility index (Phi) is 3.10. The van der Waals surface area contributed by atoms with Crippen LogP contribution in [0.4, 0.5) is 0 Å². The zero-order valence-electron chi connectivity index (χ0n) is 9.62. The van der Waals surface area contributed by atoms with Gasteiger partial charge in [0, 0.05) is 49.3 Å². The molecule has 0 aromatic carbocycles. The van der Waals surface area contributed by atoms with E-state index >= 15 is 0 Å². The molecule has 2 nitrogen and oxygen atoms in total. The molecule has 2 aliphatic rings. The summed E-state index contributed by atoms with van der Waals surface area (Å²) in [5.74, 6) is 2.68. The first-order valence-electron chi connectivity index (χ1n) is 5.64. The van der Waals surface area contributed by atoms with Gasteiger partial charge in [-0.15, -0.1) is 0 Å². The normalized spacial score (nSPS) is 27.6. The fraction of sp³-hybridized carbons (Fsp3) is 1.00. The summed E-state index contributed by atoms with van der Waals surface area (Å²) in [5, 5.41) is 0. The van der Waals surface area contributed by atoms with Gasteiger partial charge < -0.3 is 0 Å². The summed E-state index contributed by atoms with van der Waals surface area (Å²) >= 11 is 2.10. The predicted molar refractivity (Wildman–Crippen MR) is 64.0 cm³/mol. The zero-order valence-corrected chi connectivity index (χ0v) is 10.4. The fourth-order valence-corrected chi connectivity index (χ4v) is 3.11. The van der Waals surface area contributed by atoms with Crippen molar-refractivity contribution in [1.82, 2.24) is 9.80 Å². The van der Waals surface area contributed by atoms with Gasteiger partial charge in [0.1, 0.15) is 0 Å². The molecule has 82 valence electrons. The van der Waals surface area contributed by atoms with E-state index in [4.69, 9.17) is 0 Å². The number of nitrogens with zero attached hydrogens (tertiary/aromatic N) is 2. The summed E-state index contributed by atoms with van der Waals surface area (Å²) in [4.78, 5) is 5.26. The third-order valence-electron chi connectivity index (χ3n) is 3.37. The van der Waals surface area contributed by atoms with E-state index in [9.17, 15) is 0 Å². The molecule has 2 aliphatic heterocycles. The highest BCUT2D eigenvalue weighted by Gasteiger charge is 2.37. The van der Waals surface area contributed by atoms with Gasteiger partial charge in [0.2, 0.25) is 0 Å². The minimum absolute atomic E-state index is 0.376. The quantitative estimate of drug-likeness (QED) is 0.653. The van der Waals surface area contributed by atoms with Gasteiger partial charge >= 0.3 is 0 Å². The SMILES string of the molecule is CC(C)(C)N1CC(N2CCSCC2)C1. The van der Waals surface area contributed by atoms with Crippen LogP contribution in [0.3, 0.4) is 0 Å². The molecule has 2 rings (SSSR count). The summed E-state index contributed by atoms with van der Waals surface area (Å²) < 4.78 is 0. The lowest BCUT2D eigenvalue weighted by atomic mass is 9.96. The molecule has 0 atom stereocenters. The van der Waals surface area contributed by atoms with Crippen LogP contribution >= 0.6 is 11.8 Å². The average molecular weight is 214 g/mol. The van der Waals surface area contributed by atoms with Crippen molar-refractivity contribution in [3.05, 3.63) is 0 Å². The van der Waals surface area contributed by atoms with Crippen molar-refractivity contribution in [2.75, 3.05) is 37.7 Å². The maximum Gasteiger partial charge on any atom is 0.0351 e. The Balaban J connectivity index is 1.76. The summed E-state index contributed by atoms with van der Waals surface area (Å²) in [6.45, 7) is 12.1. The maximum atomic E-state index is 2.68. The van der Waals surface area contributed by atoms with E-state index < -0.39 is 0 Å². The molecule has 0 aromatic rings. The first kappa shape index (κ1) is 10.8. The van der Waals surface area contributed by atoms with Crippen LogP contribution in [0.1, 0.15) is 20.8 Å². The standard InChI is InChI=1S/C11H22N2S/c1-11(2,3)13-8-10(9-13)12-4-6-14-7-5-12/h10H,4-9H2,1-3H3. The van der Waals surface area contributed by atoms with Gasteiger partial charge in [-0.05, 0) is 20.8 Å². The molecule has 2 heterocycles. The van der Waals surface area contributed by atoms with Gasteiger partial charge in [-0.2, -0.15) is 11.8 Å². The van der Waals surface area contributed by atoms with Gasteiger partial charge in [0.05, 0.1) is 0 Å². The second-order valence-corrected chi connectivity index (χ2v) is 6.60. The number of thioether (sulfide) groups is 1. The van der Waals surface area contributed by atoms with E-state index in [1.54, 1.807) is 0 Å². The monoisotopic (exact) mass is 214 g/mol. The van der Waals surface area contributed by atoms with Crippen LogP contribution in [-0.4, -0.2) is 59.1 Å². The van der Waals surface area contributed by atoms with Gasteiger partial charge in [0.25, 0.3) is 0 Å². The number of hydrogen-bond donors (Lipinski definition) is 0. The van der Waals surface area contributed by atoms with E-state index in [2.05, 4.69) is 42.3 Å². The Morgan fingerprint density at radius 2 is 1.64 bits per heavy atom. The molecule has 0 radical (unpaired) electrons. The Hall–Kier alpha value is 0.270. The number of rotatable bonds is 1. The van der Waals surface area contributed by atoms with Crippen LogP contribution in [0, 0.1) is 0 Å². The van der Waals surface area contributed by atoms with E-state index in [-0.39, 0.29) is 0 Å². The van der Waals surface area contributed by atoms with Crippen LogP contribution in [0.15, 0.2) is 0 Å². The highest BCUT2D eigenvalue weighted by atomic mass is 32.2. The van der Waals surface area contributed by atoms with E-state index in [0.29, 0.717) is 5.54 Å². The molecule has 0 N–H and O–H groups in total. The Labute approximate surface area is 92.0 Å². The largest absolute Gasteiger partial charge is 0.296 e. The molecule has 0 aliphatic carbocycles. The van der Waals surface area contributed by atoms with Gasteiger partial charge in [-0.1, -0.05) is 0 Å². The molecule has 2 fully saturated rings. The molecule has 3 heteroatoms. The van der Waals surface area contributed by atoms with Crippen LogP contribution in [0.5, 0.6) is 0 Å². The summed E-state index contributed by atoms with van der Waals surface area (Å²) in [5.41, 5.74) is 0.376. The summed E-state index contributed by atoms with van der Waals surface area (Å²) in [6.07, 6.45) is 0. The third-order valence-corrected chi connectivity index (χ3v) is 4.32. The van der Waals surface area contributed by atoms with E-state index in [1.807, 2.05) is 0 Å². The predicted octanol–water partition coefficient (Wildman–Crippen LogP) is 1.52. The van der Waals surface area contributed by atoms with E-state index in [0.717, 1.165) is 6.04 Å². The molecule has 0 amide bonds. The van der Waals surface area contributed by atoms with Crippen molar-refractivity contribution < 1.29 is 0 Å². The second kappa shape index (κ2) is 4.03. The molecule has 0 unspecified atom stereocenters. The average Bonchev–Trinajstić information content (AvgIpc) is 2.00. The Morgan fingerprint density at radius 1 is 1.07 bits per heavy atom. The van der Waals surface area contributed by atoms with Crippen molar-refractivity contribution >= 4 is 11.8 Å². The fourth-order valence-electron chi connectivity index (χ4n) is 2.18. The first-order chi connectivity index (χ1) is 6.57. The number of likely N-dealkylation sites (tertiary alicyclic amines) is 1. The van der Waals surface area contributed by atoms with Crippen LogP contribution in [-0.2, 0) is 0 Å².